The Balaban J connectivity index is 1.49. The van der Waals surface area contributed by atoms with E-state index in [2.05, 4.69) is 15.5 Å². The molecule has 4 aromatic rings. The van der Waals surface area contributed by atoms with Crippen LogP contribution in [0.1, 0.15) is 16.7 Å². The zero-order valence-electron chi connectivity index (χ0n) is 16.9. The second-order valence-corrected chi connectivity index (χ2v) is 7.20. The van der Waals surface area contributed by atoms with Crippen LogP contribution >= 0.6 is 0 Å². The molecule has 3 aromatic carbocycles. The number of nitrogens with one attached hydrogen (secondary N) is 1. The summed E-state index contributed by atoms with van der Waals surface area (Å²) in [6, 6.07) is 15.3. The summed E-state index contributed by atoms with van der Waals surface area (Å²) < 4.78 is 18.7. The van der Waals surface area contributed by atoms with E-state index in [1.54, 1.807) is 18.2 Å². The van der Waals surface area contributed by atoms with E-state index in [1.807, 2.05) is 45.0 Å². The van der Waals surface area contributed by atoms with Gasteiger partial charge >= 0.3 is 0 Å². The lowest BCUT2D eigenvalue weighted by molar-refractivity contribution is -0.118. The van der Waals surface area contributed by atoms with Crippen molar-refractivity contribution < 1.29 is 13.9 Å². The lowest BCUT2D eigenvalue weighted by Gasteiger charge is -2.10. The van der Waals surface area contributed by atoms with Crippen molar-refractivity contribution in [2.45, 2.75) is 20.8 Å². The number of carbonyl (C=O) groups excluding carboxylic acids is 1. The fourth-order valence-corrected chi connectivity index (χ4v) is 3.03. The first-order chi connectivity index (χ1) is 14.4. The Labute approximate surface area is 173 Å². The first-order valence-electron chi connectivity index (χ1n) is 9.52. The van der Waals surface area contributed by atoms with Crippen LogP contribution in [0.3, 0.4) is 0 Å². The quantitative estimate of drug-likeness (QED) is 0.532. The third-order valence-corrected chi connectivity index (χ3v) is 4.91. The molecule has 1 N–H and O–H groups in total. The second kappa shape index (κ2) is 7.94. The minimum atomic E-state index is -0.320. The van der Waals surface area contributed by atoms with E-state index in [0.29, 0.717) is 28.2 Å². The third kappa shape index (κ3) is 4.15. The van der Waals surface area contributed by atoms with Crippen molar-refractivity contribution >= 4 is 22.6 Å². The zero-order chi connectivity index (χ0) is 21.3. The molecule has 0 saturated heterocycles. The van der Waals surface area contributed by atoms with Gasteiger partial charge in [-0.25, -0.2) is 4.39 Å². The fraction of sp³-hybridized carbons (Fsp3) is 0.174. The summed E-state index contributed by atoms with van der Waals surface area (Å²) in [6.45, 7) is 5.81. The molecule has 4 rings (SSSR count). The Hall–Kier alpha value is -3.74. The fourth-order valence-electron chi connectivity index (χ4n) is 3.03. The van der Waals surface area contributed by atoms with Crippen molar-refractivity contribution in [3.63, 3.8) is 0 Å². The summed E-state index contributed by atoms with van der Waals surface area (Å²) in [5, 5.41) is 11.7. The second-order valence-electron chi connectivity index (χ2n) is 7.20. The molecule has 0 unspecified atom stereocenters. The summed E-state index contributed by atoms with van der Waals surface area (Å²) in [7, 11) is 0. The van der Waals surface area contributed by atoms with Gasteiger partial charge in [-0.05, 0) is 86.0 Å². The van der Waals surface area contributed by atoms with Crippen molar-refractivity contribution in [1.82, 2.24) is 15.0 Å². The highest BCUT2D eigenvalue weighted by Gasteiger charge is 2.11. The van der Waals surface area contributed by atoms with E-state index in [-0.39, 0.29) is 18.3 Å². The molecular weight excluding hydrogens is 383 g/mol. The Morgan fingerprint density at radius 1 is 0.933 bits per heavy atom. The molecule has 0 fully saturated rings. The van der Waals surface area contributed by atoms with Gasteiger partial charge in [0.05, 0.1) is 5.69 Å². The molecule has 0 bridgehead atoms. The van der Waals surface area contributed by atoms with Gasteiger partial charge < -0.3 is 10.1 Å². The topological polar surface area (TPSA) is 69.0 Å². The number of rotatable bonds is 5. The molecule has 0 saturated carbocycles. The van der Waals surface area contributed by atoms with Gasteiger partial charge in [0.1, 0.15) is 22.6 Å². The molecule has 6 nitrogen and oxygen atoms in total. The van der Waals surface area contributed by atoms with Crippen LogP contribution in [-0.2, 0) is 4.79 Å². The van der Waals surface area contributed by atoms with Crippen molar-refractivity contribution in [2.75, 3.05) is 11.9 Å². The van der Waals surface area contributed by atoms with Crippen LogP contribution < -0.4 is 10.1 Å². The highest BCUT2D eigenvalue weighted by atomic mass is 19.1. The van der Waals surface area contributed by atoms with E-state index < -0.39 is 0 Å². The maximum Gasteiger partial charge on any atom is 0.262 e. The Morgan fingerprint density at radius 3 is 2.33 bits per heavy atom. The van der Waals surface area contributed by atoms with Crippen molar-refractivity contribution in [2.24, 2.45) is 0 Å². The predicted octanol–water partition coefficient (Wildman–Crippen LogP) is 4.50. The molecule has 1 heterocycles. The molecular formula is C23H21FN4O2. The molecule has 30 heavy (non-hydrogen) atoms. The number of ether oxygens (including phenoxy) is 1. The van der Waals surface area contributed by atoms with Gasteiger partial charge in [-0.1, -0.05) is 6.07 Å². The number of carbonyl (C=O) groups is 1. The van der Waals surface area contributed by atoms with Crippen LogP contribution in [0.25, 0.3) is 16.7 Å². The first-order valence-corrected chi connectivity index (χ1v) is 9.52. The monoisotopic (exact) mass is 404 g/mol. The van der Waals surface area contributed by atoms with E-state index in [9.17, 15) is 9.18 Å². The number of nitrogens with zero attached hydrogens (tertiary/aromatic N) is 3. The Bertz CT molecular complexity index is 1230. The molecule has 0 spiro atoms. The molecule has 1 aromatic heterocycles. The van der Waals surface area contributed by atoms with Crippen LogP contribution in [0, 0.1) is 26.6 Å². The lowest BCUT2D eigenvalue weighted by atomic mass is 10.1. The first kappa shape index (κ1) is 19.6. The summed E-state index contributed by atoms with van der Waals surface area (Å²) >= 11 is 0. The predicted molar refractivity (Wildman–Crippen MR) is 114 cm³/mol. The van der Waals surface area contributed by atoms with Gasteiger partial charge in [-0.2, -0.15) is 4.80 Å². The van der Waals surface area contributed by atoms with Crippen molar-refractivity contribution in [3.8, 4) is 11.4 Å². The van der Waals surface area contributed by atoms with Crippen LogP contribution in [0.15, 0.2) is 54.6 Å². The summed E-state index contributed by atoms with van der Waals surface area (Å²) in [4.78, 5) is 13.8. The number of amides is 1. The van der Waals surface area contributed by atoms with E-state index in [4.69, 9.17) is 4.74 Å². The average molecular weight is 404 g/mol. The SMILES string of the molecule is Cc1ccc(OCC(=O)Nc2cc3nn(-c4ccc(F)cc4)nc3cc2C)cc1C. The molecule has 0 radical (unpaired) electrons. The number of anilines is 1. The van der Waals surface area contributed by atoms with Gasteiger partial charge in [-0.3, -0.25) is 4.79 Å². The molecule has 0 aliphatic heterocycles. The average Bonchev–Trinajstić information content (AvgIpc) is 3.12. The van der Waals surface area contributed by atoms with Crippen LogP contribution in [0.2, 0.25) is 0 Å². The van der Waals surface area contributed by atoms with Crippen LogP contribution in [-0.4, -0.2) is 27.5 Å². The van der Waals surface area contributed by atoms with Crippen molar-refractivity contribution in [1.29, 1.82) is 0 Å². The number of hydrogen-bond donors (Lipinski definition) is 1. The molecule has 0 atom stereocenters. The highest BCUT2D eigenvalue weighted by molar-refractivity contribution is 5.95. The maximum absolute atomic E-state index is 13.1. The largest absolute Gasteiger partial charge is 0.484 e. The van der Waals surface area contributed by atoms with Gasteiger partial charge in [-0.15, -0.1) is 10.2 Å². The van der Waals surface area contributed by atoms with Crippen molar-refractivity contribution in [3.05, 3.63) is 77.1 Å². The molecule has 0 aliphatic rings. The highest BCUT2D eigenvalue weighted by Crippen LogP contribution is 2.22. The van der Waals surface area contributed by atoms with Gasteiger partial charge in [0.15, 0.2) is 6.61 Å². The van der Waals surface area contributed by atoms with Gasteiger partial charge in [0, 0.05) is 5.69 Å². The van der Waals surface area contributed by atoms with Crippen LogP contribution in [0.5, 0.6) is 5.75 Å². The number of fused-ring (bicyclic) bond motifs is 1. The molecule has 0 aliphatic carbocycles. The number of aryl methyl sites for hydroxylation is 3. The summed E-state index contributed by atoms with van der Waals surface area (Å²) in [5.74, 6) is 0.0728. The molecule has 1 amide bonds. The molecule has 7 heteroatoms. The summed E-state index contributed by atoms with van der Waals surface area (Å²) in [5.41, 5.74) is 5.73. The third-order valence-electron chi connectivity index (χ3n) is 4.91. The minimum Gasteiger partial charge on any atom is -0.484 e. The number of benzene rings is 3. The van der Waals surface area contributed by atoms with E-state index >= 15 is 0 Å². The van der Waals surface area contributed by atoms with Crippen LogP contribution in [0.4, 0.5) is 10.1 Å². The van der Waals surface area contributed by atoms with E-state index in [1.165, 1.54) is 22.5 Å². The Morgan fingerprint density at radius 2 is 1.63 bits per heavy atom. The lowest BCUT2D eigenvalue weighted by Crippen LogP contribution is -2.20. The van der Waals surface area contributed by atoms with Gasteiger partial charge in [0.25, 0.3) is 5.91 Å². The smallest absolute Gasteiger partial charge is 0.262 e. The number of halogens is 1. The minimum absolute atomic E-state index is 0.0950. The molecule has 152 valence electrons. The zero-order valence-corrected chi connectivity index (χ0v) is 16.9. The summed E-state index contributed by atoms with van der Waals surface area (Å²) in [6.07, 6.45) is 0. The number of aromatic nitrogens is 3. The number of hydrogen-bond acceptors (Lipinski definition) is 4. The van der Waals surface area contributed by atoms with Gasteiger partial charge in [0.2, 0.25) is 0 Å². The normalized spacial score (nSPS) is 10.9. The maximum atomic E-state index is 13.1. The standard InChI is InChI=1S/C23H21FN4O2/c1-14-4-9-19(10-15(14)2)30-13-23(29)25-20-12-22-21(11-16(20)3)26-28(27-22)18-7-5-17(24)6-8-18/h4-12H,13H2,1-3H3,(H,25,29). The Kier molecular flexibility index (Phi) is 5.18. The van der Waals surface area contributed by atoms with E-state index in [0.717, 1.165) is 11.1 Å².